The molecule has 1 radical (unpaired) electrons. The number of hydrogen-bond donors (Lipinski definition) is 0. The Morgan fingerprint density at radius 3 is 2.33 bits per heavy atom. The zero-order chi connectivity index (χ0) is 6.53. The van der Waals surface area contributed by atoms with Crippen molar-refractivity contribution in [2.24, 2.45) is 0 Å². The van der Waals surface area contributed by atoms with Gasteiger partial charge in [-0.2, -0.15) is 0 Å². The van der Waals surface area contributed by atoms with Gasteiger partial charge in [0.05, 0.1) is 0 Å². The van der Waals surface area contributed by atoms with Gasteiger partial charge >= 0.3 is 0 Å². The van der Waals surface area contributed by atoms with Crippen LogP contribution in [0.1, 0.15) is 19.3 Å². The summed E-state index contributed by atoms with van der Waals surface area (Å²) in [7, 11) is 0. The van der Waals surface area contributed by atoms with Gasteiger partial charge in [-0.05, 0) is 32.4 Å². The van der Waals surface area contributed by atoms with Crippen LogP contribution in [0.4, 0.5) is 0 Å². The molecule has 0 amide bonds. The molecular weight excluding hydrogens is 110 g/mol. The summed E-state index contributed by atoms with van der Waals surface area (Å²) in [6.07, 6.45) is 8.06. The summed E-state index contributed by atoms with van der Waals surface area (Å²) in [4.78, 5) is 2.33. The molecular formula is C8H14N. The van der Waals surface area contributed by atoms with E-state index in [1.165, 1.54) is 32.4 Å². The van der Waals surface area contributed by atoms with E-state index in [0.717, 1.165) is 0 Å². The Bertz CT molecular complexity index is 90.7. The van der Waals surface area contributed by atoms with E-state index in [4.69, 9.17) is 0 Å². The first kappa shape index (κ1) is 6.66. The Hall–Kier alpha value is -0.460. The molecule has 0 spiro atoms. The van der Waals surface area contributed by atoms with Crippen LogP contribution in [-0.2, 0) is 0 Å². The molecule has 0 aromatic rings. The molecule has 0 aromatic carbocycles. The van der Waals surface area contributed by atoms with Crippen molar-refractivity contribution >= 4 is 0 Å². The van der Waals surface area contributed by atoms with Gasteiger partial charge in [-0.25, -0.2) is 0 Å². The first-order valence-electron chi connectivity index (χ1n) is 3.63. The van der Waals surface area contributed by atoms with E-state index < -0.39 is 0 Å². The minimum atomic E-state index is 1.23. The number of likely N-dealkylation sites (tertiary alicyclic amines) is 1. The van der Waals surface area contributed by atoms with Gasteiger partial charge in [0.25, 0.3) is 0 Å². The van der Waals surface area contributed by atoms with Crippen molar-refractivity contribution in [1.29, 1.82) is 0 Å². The van der Waals surface area contributed by atoms with Gasteiger partial charge in [-0.3, -0.25) is 0 Å². The lowest BCUT2D eigenvalue weighted by molar-refractivity contribution is 0.309. The first-order chi connectivity index (χ1) is 4.43. The summed E-state index contributed by atoms with van der Waals surface area (Å²) in [5, 5.41) is 0. The SMILES string of the molecule is [CH2]/C=C/N1CCCCC1. The van der Waals surface area contributed by atoms with Crippen molar-refractivity contribution in [3.8, 4) is 0 Å². The van der Waals surface area contributed by atoms with Crippen molar-refractivity contribution in [1.82, 2.24) is 4.90 Å². The Morgan fingerprint density at radius 2 is 1.78 bits per heavy atom. The van der Waals surface area contributed by atoms with Crippen molar-refractivity contribution < 1.29 is 0 Å². The second-order valence-electron chi connectivity index (χ2n) is 2.48. The molecule has 1 nitrogen and oxygen atoms in total. The van der Waals surface area contributed by atoms with E-state index in [1.807, 2.05) is 6.08 Å². The maximum Gasteiger partial charge on any atom is 0.0172 e. The second-order valence-corrected chi connectivity index (χ2v) is 2.48. The maximum atomic E-state index is 3.66. The smallest absolute Gasteiger partial charge is 0.0172 e. The van der Waals surface area contributed by atoms with Gasteiger partial charge < -0.3 is 4.90 Å². The van der Waals surface area contributed by atoms with Crippen LogP contribution in [0.2, 0.25) is 0 Å². The molecule has 0 N–H and O–H groups in total. The van der Waals surface area contributed by atoms with Crippen LogP contribution in [0.5, 0.6) is 0 Å². The van der Waals surface area contributed by atoms with Crippen LogP contribution in [0.25, 0.3) is 0 Å². The molecule has 1 heteroatoms. The monoisotopic (exact) mass is 124 g/mol. The van der Waals surface area contributed by atoms with Crippen molar-refractivity contribution in [2.75, 3.05) is 13.1 Å². The molecule has 1 rings (SSSR count). The fraction of sp³-hybridized carbons (Fsp3) is 0.625. The summed E-state index contributed by atoms with van der Waals surface area (Å²) in [6.45, 7) is 6.11. The van der Waals surface area contributed by atoms with E-state index in [0.29, 0.717) is 0 Å². The zero-order valence-electron chi connectivity index (χ0n) is 5.84. The van der Waals surface area contributed by atoms with Crippen LogP contribution < -0.4 is 0 Å². The highest BCUT2D eigenvalue weighted by molar-refractivity contribution is 4.85. The van der Waals surface area contributed by atoms with Gasteiger partial charge in [0.1, 0.15) is 0 Å². The summed E-state index contributed by atoms with van der Waals surface area (Å²) < 4.78 is 0. The Morgan fingerprint density at radius 1 is 1.11 bits per heavy atom. The molecule has 1 aliphatic rings. The van der Waals surface area contributed by atoms with Gasteiger partial charge in [-0.15, -0.1) is 0 Å². The first-order valence-corrected chi connectivity index (χ1v) is 3.63. The van der Waals surface area contributed by atoms with E-state index in [9.17, 15) is 0 Å². The predicted octanol–water partition coefficient (Wildman–Crippen LogP) is 1.82. The van der Waals surface area contributed by atoms with Crippen LogP contribution in [-0.4, -0.2) is 18.0 Å². The van der Waals surface area contributed by atoms with E-state index in [1.54, 1.807) is 0 Å². The molecule has 1 fully saturated rings. The van der Waals surface area contributed by atoms with Crippen LogP contribution >= 0.6 is 0 Å². The lowest BCUT2D eigenvalue weighted by atomic mass is 10.1. The van der Waals surface area contributed by atoms with Crippen LogP contribution in [0, 0.1) is 6.92 Å². The number of nitrogens with zero attached hydrogens (tertiary/aromatic N) is 1. The Balaban J connectivity index is 2.23. The molecule has 51 valence electrons. The fourth-order valence-corrected chi connectivity index (χ4v) is 1.22. The predicted molar refractivity (Wildman–Crippen MR) is 39.9 cm³/mol. The van der Waals surface area contributed by atoms with Gasteiger partial charge in [-0.1, -0.05) is 6.08 Å². The minimum absolute atomic E-state index is 1.23. The molecule has 0 unspecified atom stereocenters. The molecule has 0 aromatic heterocycles. The highest BCUT2D eigenvalue weighted by atomic mass is 15.1. The van der Waals surface area contributed by atoms with Crippen molar-refractivity contribution in [3.05, 3.63) is 19.2 Å². The zero-order valence-corrected chi connectivity index (χ0v) is 5.84. The summed E-state index contributed by atoms with van der Waals surface area (Å²) >= 11 is 0. The fourth-order valence-electron chi connectivity index (χ4n) is 1.22. The summed E-state index contributed by atoms with van der Waals surface area (Å²) in [5.74, 6) is 0. The molecule has 0 aliphatic carbocycles. The van der Waals surface area contributed by atoms with E-state index >= 15 is 0 Å². The average molecular weight is 124 g/mol. The van der Waals surface area contributed by atoms with Crippen molar-refractivity contribution in [2.45, 2.75) is 19.3 Å². The number of rotatable bonds is 1. The molecule has 1 heterocycles. The minimum Gasteiger partial charge on any atom is -0.378 e. The van der Waals surface area contributed by atoms with Gasteiger partial charge in [0.2, 0.25) is 0 Å². The Kier molecular flexibility index (Phi) is 2.62. The average Bonchev–Trinajstić information content (AvgIpc) is 1.91. The third-order valence-corrected chi connectivity index (χ3v) is 1.71. The molecule has 0 bridgehead atoms. The van der Waals surface area contributed by atoms with E-state index in [-0.39, 0.29) is 0 Å². The topological polar surface area (TPSA) is 3.24 Å². The van der Waals surface area contributed by atoms with Gasteiger partial charge in [0, 0.05) is 13.1 Å². The standard InChI is InChI=1S/C8H14N/c1-2-6-9-7-4-3-5-8-9/h2,6H,1,3-5,7-8H2/b6-2+. The highest BCUT2D eigenvalue weighted by Gasteiger charge is 2.03. The van der Waals surface area contributed by atoms with Crippen LogP contribution in [0.15, 0.2) is 12.3 Å². The maximum absolute atomic E-state index is 3.66. The second kappa shape index (κ2) is 3.54. The third-order valence-electron chi connectivity index (χ3n) is 1.71. The Labute approximate surface area is 57.4 Å². The quantitative estimate of drug-likeness (QED) is 0.515. The van der Waals surface area contributed by atoms with Gasteiger partial charge in [0.15, 0.2) is 0 Å². The molecule has 1 saturated heterocycles. The third kappa shape index (κ3) is 2.08. The van der Waals surface area contributed by atoms with Crippen molar-refractivity contribution in [3.63, 3.8) is 0 Å². The lowest BCUT2D eigenvalue weighted by Gasteiger charge is -2.24. The summed E-state index contributed by atoms with van der Waals surface area (Å²) in [5.41, 5.74) is 0. The molecule has 9 heavy (non-hydrogen) atoms. The molecule has 1 aliphatic heterocycles. The molecule has 0 atom stereocenters. The molecule has 0 saturated carbocycles. The lowest BCUT2D eigenvalue weighted by Crippen LogP contribution is -2.23. The summed E-state index contributed by atoms with van der Waals surface area (Å²) in [6, 6.07) is 0. The van der Waals surface area contributed by atoms with Crippen LogP contribution in [0.3, 0.4) is 0 Å². The van der Waals surface area contributed by atoms with E-state index in [2.05, 4.69) is 18.0 Å². The normalized spacial score (nSPS) is 21.2. The number of piperidine rings is 1. The number of hydrogen-bond acceptors (Lipinski definition) is 1. The largest absolute Gasteiger partial charge is 0.378 e. The highest BCUT2D eigenvalue weighted by Crippen LogP contribution is 2.07. The number of allylic oxidation sites excluding steroid dienone is 1.